The lowest BCUT2D eigenvalue weighted by Gasteiger charge is -2.60. The summed E-state index contributed by atoms with van der Waals surface area (Å²) >= 11 is 0. The number of fused-ring (bicyclic) bond motifs is 2. The Hall–Kier alpha value is -0.460. The molecule has 5 heteroatoms. The van der Waals surface area contributed by atoms with Crippen molar-refractivity contribution in [2.75, 3.05) is 6.61 Å². The van der Waals surface area contributed by atoms with Crippen LogP contribution in [-0.4, -0.2) is 30.6 Å². The fourth-order valence-corrected chi connectivity index (χ4v) is 5.23. The molecule has 1 saturated carbocycles. The van der Waals surface area contributed by atoms with Gasteiger partial charge in [0.15, 0.2) is 18.2 Å². The highest BCUT2D eigenvalue weighted by atomic mass is 17.3. The predicted molar refractivity (Wildman–Crippen MR) is 83.0 cm³/mol. The zero-order valence-corrected chi connectivity index (χ0v) is 14.3. The zero-order chi connectivity index (χ0) is 16.2. The van der Waals surface area contributed by atoms with Gasteiger partial charge in [0, 0.05) is 18.3 Å². The van der Waals surface area contributed by atoms with Crippen LogP contribution in [0.15, 0.2) is 12.7 Å². The maximum atomic E-state index is 6.26. The van der Waals surface area contributed by atoms with Crippen LogP contribution in [-0.2, 0) is 24.0 Å². The molecule has 5 nitrogen and oxygen atoms in total. The highest BCUT2D eigenvalue weighted by Gasteiger charge is 2.69. The number of hydrogen-bond donors (Lipinski definition) is 0. The lowest BCUT2D eigenvalue weighted by atomic mass is 9.58. The first-order chi connectivity index (χ1) is 11.0. The summed E-state index contributed by atoms with van der Waals surface area (Å²) in [6, 6.07) is 0. The maximum absolute atomic E-state index is 6.26. The molecule has 4 heterocycles. The third-order valence-electron chi connectivity index (χ3n) is 6.48. The molecule has 1 spiro atoms. The van der Waals surface area contributed by atoms with Crippen molar-refractivity contribution in [2.24, 2.45) is 23.7 Å². The maximum Gasteiger partial charge on any atom is 0.201 e. The Morgan fingerprint density at radius 1 is 1.17 bits per heavy atom. The second-order valence-corrected chi connectivity index (χ2v) is 7.90. The molecule has 23 heavy (non-hydrogen) atoms. The third kappa shape index (κ3) is 2.24. The van der Waals surface area contributed by atoms with E-state index in [4.69, 9.17) is 24.0 Å². The Morgan fingerprint density at radius 3 is 2.78 bits per heavy atom. The van der Waals surface area contributed by atoms with Crippen LogP contribution in [0, 0.1) is 23.7 Å². The molecule has 1 unspecified atom stereocenters. The van der Waals surface area contributed by atoms with Crippen LogP contribution in [0.25, 0.3) is 0 Å². The minimum absolute atomic E-state index is 0.232. The summed E-state index contributed by atoms with van der Waals surface area (Å²) < 4.78 is 18.4. The Morgan fingerprint density at radius 2 is 2.00 bits per heavy atom. The summed E-state index contributed by atoms with van der Waals surface area (Å²) in [5, 5.41) is 0. The first kappa shape index (κ1) is 16.0. The van der Waals surface area contributed by atoms with Gasteiger partial charge in [-0.25, -0.2) is 9.78 Å². The van der Waals surface area contributed by atoms with E-state index in [9.17, 15) is 0 Å². The van der Waals surface area contributed by atoms with Gasteiger partial charge in [-0.05, 0) is 38.0 Å². The second kappa shape index (κ2) is 5.53. The average molecular weight is 324 g/mol. The molecular weight excluding hydrogens is 296 g/mol. The van der Waals surface area contributed by atoms with Crippen LogP contribution in [0.1, 0.15) is 46.5 Å². The minimum atomic E-state index is -0.721. The molecule has 8 atom stereocenters. The fourth-order valence-electron chi connectivity index (χ4n) is 5.23. The Balaban J connectivity index is 1.71. The summed E-state index contributed by atoms with van der Waals surface area (Å²) in [6.45, 7) is 10.7. The van der Waals surface area contributed by atoms with Gasteiger partial charge in [0.25, 0.3) is 0 Å². The number of hydrogen-bond acceptors (Lipinski definition) is 5. The van der Waals surface area contributed by atoms with Gasteiger partial charge < -0.3 is 14.2 Å². The molecule has 5 aliphatic rings. The van der Waals surface area contributed by atoms with Crippen molar-refractivity contribution in [3.05, 3.63) is 12.7 Å². The molecule has 130 valence electrons. The lowest BCUT2D eigenvalue weighted by Crippen LogP contribution is -2.70. The first-order valence-corrected chi connectivity index (χ1v) is 8.93. The molecule has 2 bridgehead atoms. The number of ether oxygens (including phenoxy) is 3. The molecule has 5 fully saturated rings. The van der Waals surface area contributed by atoms with Crippen molar-refractivity contribution >= 4 is 0 Å². The molecule has 0 aromatic heterocycles. The van der Waals surface area contributed by atoms with Gasteiger partial charge in [-0.15, -0.1) is 6.58 Å². The van der Waals surface area contributed by atoms with Gasteiger partial charge in [0.1, 0.15) is 0 Å². The van der Waals surface area contributed by atoms with Crippen LogP contribution < -0.4 is 0 Å². The van der Waals surface area contributed by atoms with Crippen molar-refractivity contribution < 1.29 is 24.0 Å². The predicted octanol–water partition coefficient (Wildman–Crippen LogP) is 3.40. The molecule has 0 amide bonds. The van der Waals surface area contributed by atoms with Crippen LogP contribution in [0.5, 0.6) is 0 Å². The standard InChI is InChI=1S/C18H28O5/c1-5-10-19-15-12(3)14-7-6-11(2)13-8-9-17(4)21-16(20-15)18(13,14)23-22-17/h5,11-16H,1,6-10H2,2-4H3/t11-,12-,13+,14+,15?,16-,17-,18-/m1/s1. The van der Waals surface area contributed by atoms with Gasteiger partial charge in [0.2, 0.25) is 5.79 Å². The van der Waals surface area contributed by atoms with Crippen LogP contribution >= 0.6 is 0 Å². The summed E-state index contributed by atoms with van der Waals surface area (Å²) in [7, 11) is 0. The lowest BCUT2D eigenvalue weighted by molar-refractivity contribution is -0.577. The molecule has 0 aromatic carbocycles. The van der Waals surface area contributed by atoms with E-state index < -0.39 is 17.7 Å². The topological polar surface area (TPSA) is 46.2 Å². The second-order valence-electron chi connectivity index (χ2n) is 7.90. The highest BCUT2D eigenvalue weighted by molar-refractivity contribution is 5.09. The number of rotatable bonds is 3. The van der Waals surface area contributed by atoms with Gasteiger partial charge in [-0.3, -0.25) is 0 Å². The Kier molecular flexibility index (Phi) is 3.85. The molecule has 0 N–H and O–H groups in total. The van der Waals surface area contributed by atoms with E-state index in [-0.39, 0.29) is 12.2 Å². The van der Waals surface area contributed by atoms with Gasteiger partial charge in [0.05, 0.1) is 6.61 Å². The third-order valence-corrected chi connectivity index (χ3v) is 6.48. The van der Waals surface area contributed by atoms with Gasteiger partial charge >= 0.3 is 0 Å². The molecule has 4 saturated heterocycles. The van der Waals surface area contributed by atoms with E-state index in [1.807, 2.05) is 6.92 Å². The van der Waals surface area contributed by atoms with Gasteiger partial charge in [-0.1, -0.05) is 19.9 Å². The van der Waals surface area contributed by atoms with Crippen molar-refractivity contribution in [1.29, 1.82) is 0 Å². The molecule has 0 radical (unpaired) electrons. The highest BCUT2D eigenvalue weighted by Crippen LogP contribution is 2.60. The normalized spacial score (nSPS) is 55.1. The quantitative estimate of drug-likeness (QED) is 0.588. The zero-order valence-electron chi connectivity index (χ0n) is 14.3. The van der Waals surface area contributed by atoms with Crippen molar-refractivity contribution in [1.82, 2.24) is 0 Å². The largest absolute Gasteiger partial charge is 0.348 e. The fraction of sp³-hybridized carbons (Fsp3) is 0.889. The molecule has 1 aliphatic carbocycles. The molecule has 5 rings (SSSR count). The van der Waals surface area contributed by atoms with E-state index >= 15 is 0 Å². The van der Waals surface area contributed by atoms with Crippen LogP contribution in [0.2, 0.25) is 0 Å². The summed E-state index contributed by atoms with van der Waals surface area (Å²) in [5.74, 6) is 0.818. The summed E-state index contributed by atoms with van der Waals surface area (Å²) in [4.78, 5) is 11.9. The van der Waals surface area contributed by atoms with Crippen LogP contribution in [0.4, 0.5) is 0 Å². The van der Waals surface area contributed by atoms with Crippen molar-refractivity contribution in [2.45, 2.75) is 70.4 Å². The van der Waals surface area contributed by atoms with E-state index in [2.05, 4.69) is 20.4 Å². The van der Waals surface area contributed by atoms with E-state index in [0.717, 1.165) is 19.3 Å². The monoisotopic (exact) mass is 324 g/mol. The smallest absolute Gasteiger partial charge is 0.201 e. The Labute approximate surface area is 138 Å². The van der Waals surface area contributed by atoms with Crippen molar-refractivity contribution in [3.63, 3.8) is 0 Å². The van der Waals surface area contributed by atoms with Gasteiger partial charge in [-0.2, -0.15) is 0 Å². The summed E-state index contributed by atoms with van der Waals surface area (Å²) in [5.41, 5.74) is -0.499. The first-order valence-electron chi connectivity index (χ1n) is 8.93. The molecular formula is C18H28O5. The SMILES string of the molecule is C=CCOC1O[C@@H]2O[C@@]3(C)CC[C@H]4[C@H](C)CC[C@@H]([C@H]1C)[C@@]24OO3. The van der Waals surface area contributed by atoms with E-state index in [1.165, 1.54) is 6.42 Å². The van der Waals surface area contributed by atoms with Crippen LogP contribution in [0.3, 0.4) is 0 Å². The molecule has 0 aromatic rings. The average Bonchev–Trinajstić information content (AvgIpc) is 2.76. The summed E-state index contributed by atoms with van der Waals surface area (Å²) in [6.07, 6.45) is 5.25. The Bertz CT molecular complexity index is 482. The molecule has 4 aliphatic heterocycles. The van der Waals surface area contributed by atoms with E-state index in [0.29, 0.717) is 24.4 Å². The van der Waals surface area contributed by atoms with Crippen molar-refractivity contribution in [3.8, 4) is 0 Å². The van der Waals surface area contributed by atoms with E-state index in [1.54, 1.807) is 6.08 Å². The minimum Gasteiger partial charge on any atom is -0.348 e.